The number of amides is 1. The number of anilines is 1. The van der Waals surface area contributed by atoms with Gasteiger partial charge in [0.2, 0.25) is 5.91 Å². The van der Waals surface area contributed by atoms with Crippen molar-refractivity contribution in [3.05, 3.63) is 59.2 Å². The minimum Gasteiger partial charge on any atom is -0.496 e. The van der Waals surface area contributed by atoms with Crippen LogP contribution in [0.25, 0.3) is 0 Å². The Balaban J connectivity index is 0.00000480. The zero-order valence-corrected chi connectivity index (χ0v) is 21.4. The zero-order valence-electron chi connectivity index (χ0n) is 19.1. The topological polar surface area (TPSA) is 74.8 Å². The highest BCUT2D eigenvalue weighted by atomic mass is 127. The normalized spacial score (nSPS) is 11.0. The zero-order chi connectivity index (χ0) is 21.9. The van der Waals surface area contributed by atoms with Crippen LogP contribution in [-0.2, 0) is 17.8 Å². The van der Waals surface area contributed by atoms with Crippen molar-refractivity contribution in [2.24, 2.45) is 10.9 Å². The third-order valence-electron chi connectivity index (χ3n) is 4.61. The number of methoxy groups -OCH3 is 1. The van der Waals surface area contributed by atoms with Crippen LogP contribution in [0.3, 0.4) is 0 Å². The lowest BCUT2D eigenvalue weighted by Crippen LogP contribution is -2.37. The van der Waals surface area contributed by atoms with Crippen molar-refractivity contribution in [2.75, 3.05) is 26.0 Å². The number of carbonyl (C=O) groups is 1. The van der Waals surface area contributed by atoms with Crippen molar-refractivity contribution in [1.82, 2.24) is 10.6 Å². The van der Waals surface area contributed by atoms with Crippen molar-refractivity contribution in [3.63, 3.8) is 0 Å². The fourth-order valence-corrected chi connectivity index (χ4v) is 3.17. The number of guanidine groups is 1. The van der Waals surface area contributed by atoms with Gasteiger partial charge in [0.15, 0.2) is 5.96 Å². The second-order valence-electron chi connectivity index (χ2n) is 7.76. The van der Waals surface area contributed by atoms with Crippen LogP contribution >= 0.6 is 24.0 Å². The van der Waals surface area contributed by atoms with Crippen LogP contribution in [0.15, 0.2) is 47.5 Å². The van der Waals surface area contributed by atoms with Gasteiger partial charge >= 0.3 is 0 Å². The van der Waals surface area contributed by atoms with E-state index in [1.165, 1.54) is 11.1 Å². The highest BCUT2D eigenvalue weighted by Gasteiger charge is 2.07. The number of aliphatic imine (C=N–C) groups is 1. The van der Waals surface area contributed by atoms with E-state index in [-0.39, 0.29) is 29.9 Å². The van der Waals surface area contributed by atoms with Gasteiger partial charge in [0.05, 0.1) is 7.11 Å². The number of nitrogens with zero attached hydrogens (tertiary/aromatic N) is 1. The molecule has 3 N–H and O–H groups in total. The highest BCUT2D eigenvalue weighted by Crippen LogP contribution is 2.19. The predicted molar refractivity (Wildman–Crippen MR) is 140 cm³/mol. The van der Waals surface area contributed by atoms with Crippen LogP contribution in [-0.4, -0.2) is 32.6 Å². The van der Waals surface area contributed by atoms with Crippen LogP contribution in [0.2, 0.25) is 0 Å². The first-order valence-electron chi connectivity index (χ1n) is 10.4. The number of ether oxygens (including phenoxy) is 1. The van der Waals surface area contributed by atoms with Crippen molar-refractivity contribution in [1.29, 1.82) is 0 Å². The predicted octanol–water partition coefficient (Wildman–Crippen LogP) is 4.51. The first-order valence-corrected chi connectivity index (χ1v) is 10.4. The summed E-state index contributed by atoms with van der Waals surface area (Å²) in [6.07, 6.45) is 1.35. The molecule has 0 aliphatic heterocycles. The standard InChI is InChI=1S/C24H34N4O2.HI/c1-17(2)13-23(29)28-21-8-6-7-19(15-21)16-27-24(25-4)26-12-11-20-14-18(3)9-10-22(20)30-5;/h6-10,14-15,17H,11-13,16H2,1-5H3,(H,28,29)(H2,25,26,27);1H. The lowest BCUT2D eigenvalue weighted by molar-refractivity contribution is -0.116. The third kappa shape index (κ3) is 9.59. The molecule has 0 radical (unpaired) electrons. The van der Waals surface area contributed by atoms with Gasteiger partial charge in [-0.05, 0) is 48.6 Å². The van der Waals surface area contributed by atoms with Crippen molar-refractivity contribution in [3.8, 4) is 5.75 Å². The Morgan fingerprint density at radius 3 is 2.58 bits per heavy atom. The van der Waals surface area contributed by atoms with E-state index in [1.54, 1.807) is 14.2 Å². The first-order chi connectivity index (χ1) is 14.4. The summed E-state index contributed by atoms with van der Waals surface area (Å²) in [5, 5.41) is 9.62. The molecule has 0 saturated carbocycles. The number of halogens is 1. The average molecular weight is 538 g/mol. The van der Waals surface area contributed by atoms with E-state index in [1.807, 2.05) is 44.2 Å². The van der Waals surface area contributed by atoms with Gasteiger partial charge in [0.1, 0.15) is 5.75 Å². The molecule has 0 unspecified atom stereocenters. The molecule has 0 atom stereocenters. The first kappa shape index (κ1) is 26.7. The molecular formula is C24H35IN4O2. The molecule has 1 amide bonds. The minimum atomic E-state index is 0. The second-order valence-corrected chi connectivity index (χ2v) is 7.76. The van der Waals surface area contributed by atoms with Gasteiger partial charge < -0.3 is 20.7 Å². The van der Waals surface area contributed by atoms with E-state index >= 15 is 0 Å². The fourth-order valence-electron chi connectivity index (χ4n) is 3.17. The Morgan fingerprint density at radius 1 is 1.13 bits per heavy atom. The van der Waals surface area contributed by atoms with Crippen molar-refractivity contribution < 1.29 is 9.53 Å². The Kier molecular flexibility index (Phi) is 12.0. The Bertz CT molecular complexity index is 868. The van der Waals surface area contributed by atoms with Crippen LogP contribution in [0.4, 0.5) is 5.69 Å². The largest absolute Gasteiger partial charge is 0.496 e. The average Bonchev–Trinajstić information content (AvgIpc) is 2.70. The molecule has 0 aromatic heterocycles. The number of hydrogen-bond donors (Lipinski definition) is 3. The maximum Gasteiger partial charge on any atom is 0.224 e. The maximum atomic E-state index is 12.0. The minimum absolute atomic E-state index is 0. The molecule has 170 valence electrons. The third-order valence-corrected chi connectivity index (χ3v) is 4.61. The highest BCUT2D eigenvalue weighted by molar-refractivity contribution is 14.0. The van der Waals surface area contributed by atoms with Gasteiger partial charge in [-0.2, -0.15) is 0 Å². The fraction of sp³-hybridized carbons (Fsp3) is 0.417. The van der Waals surface area contributed by atoms with E-state index in [0.29, 0.717) is 18.9 Å². The van der Waals surface area contributed by atoms with Gasteiger partial charge in [0, 0.05) is 32.2 Å². The molecule has 0 bridgehead atoms. The molecule has 0 spiro atoms. The molecule has 6 nitrogen and oxygen atoms in total. The number of nitrogens with one attached hydrogen (secondary N) is 3. The van der Waals surface area contributed by atoms with E-state index in [4.69, 9.17) is 4.74 Å². The summed E-state index contributed by atoms with van der Waals surface area (Å²) in [5.41, 5.74) is 4.27. The van der Waals surface area contributed by atoms with Crippen LogP contribution in [0.5, 0.6) is 5.75 Å². The number of rotatable bonds is 9. The van der Waals surface area contributed by atoms with Crippen LogP contribution < -0.4 is 20.7 Å². The quantitative estimate of drug-likeness (QED) is 0.250. The molecule has 0 aliphatic carbocycles. The molecule has 2 aromatic carbocycles. The molecule has 2 aromatic rings. The number of carbonyl (C=O) groups excluding carboxylic acids is 1. The molecule has 7 heteroatoms. The molecule has 0 fully saturated rings. The van der Waals surface area contributed by atoms with Crippen molar-refractivity contribution in [2.45, 2.75) is 40.2 Å². The number of aryl methyl sites for hydroxylation is 1. The summed E-state index contributed by atoms with van der Waals surface area (Å²) in [4.78, 5) is 16.3. The van der Waals surface area contributed by atoms with E-state index in [9.17, 15) is 4.79 Å². The maximum absolute atomic E-state index is 12.0. The van der Waals surface area contributed by atoms with Gasteiger partial charge in [-0.1, -0.05) is 43.7 Å². The molecular weight excluding hydrogens is 503 g/mol. The lowest BCUT2D eigenvalue weighted by Gasteiger charge is -2.14. The molecule has 31 heavy (non-hydrogen) atoms. The van der Waals surface area contributed by atoms with Gasteiger partial charge in [-0.3, -0.25) is 9.79 Å². The van der Waals surface area contributed by atoms with Gasteiger partial charge in [0.25, 0.3) is 0 Å². The summed E-state index contributed by atoms with van der Waals surface area (Å²) in [7, 11) is 3.45. The number of hydrogen-bond acceptors (Lipinski definition) is 3. The van der Waals surface area contributed by atoms with E-state index < -0.39 is 0 Å². The second kappa shape index (κ2) is 13.9. The van der Waals surface area contributed by atoms with Gasteiger partial charge in [-0.15, -0.1) is 24.0 Å². The SMILES string of the molecule is CN=C(NCCc1cc(C)ccc1OC)NCc1cccc(NC(=O)CC(C)C)c1.I. The lowest BCUT2D eigenvalue weighted by atomic mass is 10.1. The summed E-state index contributed by atoms with van der Waals surface area (Å²) < 4.78 is 5.45. The molecule has 0 aliphatic rings. The van der Waals surface area contributed by atoms with Crippen molar-refractivity contribution >= 4 is 41.5 Å². The summed E-state index contributed by atoms with van der Waals surface area (Å²) in [6, 6.07) is 14.1. The van der Waals surface area contributed by atoms with Gasteiger partial charge in [-0.25, -0.2) is 0 Å². The molecule has 2 rings (SSSR count). The monoisotopic (exact) mass is 538 g/mol. The molecule has 0 saturated heterocycles. The summed E-state index contributed by atoms with van der Waals surface area (Å²) in [6.45, 7) is 7.50. The van der Waals surface area contributed by atoms with E-state index in [0.717, 1.165) is 35.9 Å². The van der Waals surface area contributed by atoms with Crippen LogP contribution in [0.1, 0.15) is 37.0 Å². The summed E-state index contributed by atoms with van der Waals surface area (Å²) >= 11 is 0. The van der Waals surface area contributed by atoms with E-state index in [2.05, 4.69) is 40.0 Å². The Labute approximate surface area is 203 Å². The van der Waals surface area contributed by atoms with Crippen LogP contribution in [0, 0.1) is 12.8 Å². The smallest absolute Gasteiger partial charge is 0.224 e. The summed E-state index contributed by atoms with van der Waals surface area (Å²) in [5.74, 6) is 2.01. The molecule has 0 heterocycles. The number of benzene rings is 2. The Morgan fingerprint density at radius 2 is 1.90 bits per heavy atom. The Hall–Kier alpha value is -2.29.